The summed E-state index contributed by atoms with van der Waals surface area (Å²) >= 11 is 1.42. The van der Waals surface area contributed by atoms with Gasteiger partial charge in [-0.15, -0.1) is 10.2 Å². The van der Waals surface area contributed by atoms with E-state index in [1.165, 1.54) is 11.3 Å². The average Bonchev–Trinajstić information content (AvgIpc) is 3.21. The van der Waals surface area contributed by atoms with Gasteiger partial charge in [0.25, 0.3) is 0 Å². The Morgan fingerprint density at radius 1 is 1.31 bits per heavy atom. The fourth-order valence-corrected chi connectivity index (χ4v) is 4.10. The molecule has 0 N–H and O–H groups in total. The van der Waals surface area contributed by atoms with E-state index in [0.29, 0.717) is 30.6 Å². The van der Waals surface area contributed by atoms with Crippen LogP contribution in [0.3, 0.4) is 0 Å². The summed E-state index contributed by atoms with van der Waals surface area (Å²) in [5.74, 6) is 0.0841. The molecule has 0 spiro atoms. The van der Waals surface area contributed by atoms with Crippen LogP contribution < -0.4 is 4.90 Å². The number of carbonyl (C=O) groups excluding carboxylic acids is 2. The van der Waals surface area contributed by atoms with Crippen LogP contribution in [0.2, 0.25) is 0 Å². The number of hydrogen-bond acceptors (Lipinski definition) is 5. The number of nitrogens with zero attached hydrogens (tertiary/aromatic N) is 4. The predicted molar refractivity (Wildman–Crippen MR) is 102 cm³/mol. The van der Waals surface area contributed by atoms with Gasteiger partial charge in [0.1, 0.15) is 5.01 Å². The standard InChI is InChI=1S/C19H24N4O2S/c1-13(2)11-22(3)18(25)15-10-17(24)23(12-15)19-21-20-16(26-19)9-14-7-5-4-6-8-14/h4-8,13,15H,9-12H2,1-3H3. The molecule has 1 fully saturated rings. The smallest absolute Gasteiger partial charge is 0.229 e. The van der Waals surface area contributed by atoms with E-state index in [-0.39, 0.29) is 24.2 Å². The van der Waals surface area contributed by atoms with Crippen molar-refractivity contribution in [3.63, 3.8) is 0 Å². The van der Waals surface area contributed by atoms with Gasteiger partial charge < -0.3 is 4.90 Å². The second-order valence-electron chi connectivity index (χ2n) is 7.16. The Morgan fingerprint density at radius 3 is 2.73 bits per heavy atom. The highest BCUT2D eigenvalue weighted by atomic mass is 32.1. The Morgan fingerprint density at radius 2 is 2.04 bits per heavy atom. The van der Waals surface area contributed by atoms with Gasteiger partial charge >= 0.3 is 0 Å². The molecule has 0 bridgehead atoms. The maximum Gasteiger partial charge on any atom is 0.229 e. The van der Waals surface area contributed by atoms with E-state index < -0.39 is 0 Å². The molecule has 7 heteroatoms. The van der Waals surface area contributed by atoms with E-state index >= 15 is 0 Å². The molecule has 26 heavy (non-hydrogen) atoms. The van der Waals surface area contributed by atoms with Crippen molar-refractivity contribution in [3.8, 4) is 0 Å². The fraction of sp³-hybridized carbons (Fsp3) is 0.474. The van der Waals surface area contributed by atoms with Crippen molar-refractivity contribution in [3.05, 3.63) is 40.9 Å². The number of amides is 2. The third-order valence-electron chi connectivity index (χ3n) is 4.37. The second kappa shape index (κ2) is 7.95. The van der Waals surface area contributed by atoms with Crippen molar-refractivity contribution in [2.45, 2.75) is 26.7 Å². The molecule has 2 amide bonds. The molecule has 1 aromatic carbocycles. The van der Waals surface area contributed by atoms with E-state index in [9.17, 15) is 9.59 Å². The number of carbonyl (C=O) groups is 2. The number of hydrogen-bond donors (Lipinski definition) is 0. The summed E-state index contributed by atoms with van der Waals surface area (Å²) in [6.45, 7) is 5.24. The van der Waals surface area contributed by atoms with Crippen LogP contribution in [-0.4, -0.2) is 47.0 Å². The summed E-state index contributed by atoms with van der Waals surface area (Å²) in [6.07, 6.45) is 0.939. The first-order valence-corrected chi connectivity index (χ1v) is 9.67. The highest BCUT2D eigenvalue weighted by Gasteiger charge is 2.38. The van der Waals surface area contributed by atoms with Crippen molar-refractivity contribution in [1.82, 2.24) is 15.1 Å². The number of anilines is 1. The SMILES string of the molecule is CC(C)CN(C)C(=O)C1CC(=O)N(c2nnc(Cc3ccccc3)s2)C1. The average molecular weight is 372 g/mol. The minimum absolute atomic E-state index is 0.0311. The van der Waals surface area contributed by atoms with Crippen LogP contribution in [0.25, 0.3) is 0 Å². The zero-order chi connectivity index (χ0) is 18.7. The largest absolute Gasteiger partial charge is 0.345 e. The molecular formula is C19H24N4O2S. The third kappa shape index (κ3) is 4.27. The Bertz CT molecular complexity index is 775. The Labute approximate surface area is 157 Å². The van der Waals surface area contributed by atoms with Crippen LogP contribution in [0.15, 0.2) is 30.3 Å². The summed E-state index contributed by atoms with van der Waals surface area (Å²) < 4.78 is 0. The van der Waals surface area contributed by atoms with Crippen LogP contribution in [0, 0.1) is 11.8 Å². The quantitative estimate of drug-likeness (QED) is 0.782. The highest BCUT2D eigenvalue weighted by molar-refractivity contribution is 7.15. The molecule has 1 aliphatic rings. The molecule has 1 aliphatic heterocycles. The number of rotatable bonds is 6. The fourth-order valence-electron chi connectivity index (χ4n) is 3.20. The summed E-state index contributed by atoms with van der Waals surface area (Å²) in [4.78, 5) is 28.3. The van der Waals surface area contributed by atoms with Gasteiger partial charge in [-0.05, 0) is 11.5 Å². The maximum atomic E-state index is 12.6. The molecule has 0 radical (unpaired) electrons. The van der Waals surface area contributed by atoms with Gasteiger partial charge in [0.05, 0.1) is 5.92 Å². The second-order valence-corrected chi connectivity index (χ2v) is 8.20. The van der Waals surface area contributed by atoms with Gasteiger partial charge in [0.2, 0.25) is 16.9 Å². The van der Waals surface area contributed by atoms with E-state index in [2.05, 4.69) is 24.0 Å². The van der Waals surface area contributed by atoms with Gasteiger partial charge in [-0.2, -0.15) is 0 Å². The van der Waals surface area contributed by atoms with Crippen molar-refractivity contribution < 1.29 is 9.59 Å². The van der Waals surface area contributed by atoms with Gasteiger partial charge in [0, 0.05) is 33.0 Å². The van der Waals surface area contributed by atoms with Crippen LogP contribution in [-0.2, 0) is 16.0 Å². The first-order chi connectivity index (χ1) is 12.4. The maximum absolute atomic E-state index is 12.6. The van der Waals surface area contributed by atoms with Gasteiger partial charge in [-0.1, -0.05) is 55.5 Å². The molecule has 1 unspecified atom stereocenters. The topological polar surface area (TPSA) is 66.4 Å². The zero-order valence-corrected chi connectivity index (χ0v) is 16.2. The van der Waals surface area contributed by atoms with Crippen molar-refractivity contribution in [2.24, 2.45) is 11.8 Å². The summed E-state index contributed by atoms with van der Waals surface area (Å²) in [5.41, 5.74) is 1.16. The molecule has 3 rings (SSSR count). The highest BCUT2D eigenvalue weighted by Crippen LogP contribution is 2.29. The first kappa shape index (κ1) is 18.5. The van der Waals surface area contributed by atoms with Crippen LogP contribution in [0.4, 0.5) is 5.13 Å². The van der Waals surface area contributed by atoms with Crippen molar-refractivity contribution in [2.75, 3.05) is 25.0 Å². The Hall–Kier alpha value is -2.28. The lowest BCUT2D eigenvalue weighted by atomic mass is 10.1. The van der Waals surface area contributed by atoms with Crippen LogP contribution >= 0.6 is 11.3 Å². The lowest BCUT2D eigenvalue weighted by molar-refractivity contribution is -0.135. The zero-order valence-electron chi connectivity index (χ0n) is 15.4. The molecule has 1 saturated heterocycles. The van der Waals surface area contributed by atoms with E-state index in [0.717, 1.165) is 10.6 Å². The predicted octanol–water partition coefficient (Wildman–Crippen LogP) is 2.60. The normalized spacial score (nSPS) is 17.2. The number of benzene rings is 1. The monoisotopic (exact) mass is 372 g/mol. The van der Waals surface area contributed by atoms with E-state index in [1.807, 2.05) is 30.3 Å². The summed E-state index contributed by atoms with van der Waals surface area (Å²) in [7, 11) is 1.80. The molecule has 1 aromatic heterocycles. The lowest BCUT2D eigenvalue weighted by Crippen LogP contribution is -2.36. The summed E-state index contributed by atoms with van der Waals surface area (Å²) in [6, 6.07) is 10.0. The Kier molecular flexibility index (Phi) is 5.66. The Balaban J connectivity index is 1.65. The molecule has 2 heterocycles. The molecule has 0 aliphatic carbocycles. The van der Waals surface area contributed by atoms with Crippen LogP contribution in [0.5, 0.6) is 0 Å². The molecule has 138 valence electrons. The molecule has 0 saturated carbocycles. The van der Waals surface area contributed by atoms with E-state index in [1.54, 1.807) is 16.8 Å². The van der Waals surface area contributed by atoms with Crippen molar-refractivity contribution >= 4 is 28.3 Å². The van der Waals surface area contributed by atoms with Gasteiger partial charge in [0.15, 0.2) is 0 Å². The summed E-state index contributed by atoms with van der Waals surface area (Å²) in [5, 5.41) is 9.85. The third-order valence-corrected chi connectivity index (χ3v) is 5.32. The minimum atomic E-state index is -0.298. The number of aromatic nitrogens is 2. The lowest BCUT2D eigenvalue weighted by Gasteiger charge is -2.22. The molecule has 2 aromatic rings. The van der Waals surface area contributed by atoms with E-state index in [4.69, 9.17) is 0 Å². The molecule has 1 atom stereocenters. The first-order valence-electron chi connectivity index (χ1n) is 8.85. The minimum Gasteiger partial charge on any atom is -0.345 e. The van der Waals surface area contributed by atoms with Crippen molar-refractivity contribution in [1.29, 1.82) is 0 Å². The molecule has 6 nitrogen and oxygen atoms in total. The van der Waals surface area contributed by atoms with Gasteiger partial charge in [-0.25, -0.2) is 0 Å². The van der Waals surface area contributed by atoms with Gasteiger partial charge in [-0.3, -0.25) is 14.5 Å². The molecular weight excluding hydrogens is 348 g/mol. The van der Waals surface area contributed by atoms with Crippen LogP contribution in [0.1, 0.15) is 30.8 Å².